The number of hydrogen-bond acceptors (Lipinski definition) is 4. The highest BCUT2D eigenvalue weighted by Gasteiger charge is 2.10. The van der Waals surface area contributed by atoms with E-state index in [-0.39, 0.29) is 5.91 Å². The zero-order chi connectivity index (χ0) is 15.6. The first-order chi connectivity index (χ1) is 11.3. The van der Waals surface area contributed by atoms with Crippen LogP contribution in [0.15, 0.2) is 67.5 Å². The number of rotatable bonds is 3. The smallest absolute Gasteiger partial charge is 0.257 e. The van der Waals surface area contributed by atoms with Crippen LogP contribution in [0.3, 0.4) is 0 Å². The van der Waals surface area contributed by atoms with Crippen LogP contribution < -0.4 is 5.32 Å². The SMILES string of the molecule is O=C(Nc1cnc(-n2cccn2)nc1)c1cc2ccccn2c1. The zero-order valence-electron chi connectivity index (χ0n) is 12.0. The minimum absolute atomic E-state index is 0.205. The van der Waals surface area contributed by atoms with E-state index in [9.17, 15) is 4.79 Å². The van der Waals surface area contributed by atoms with Crippen molar-refractivity contribution in [3.05, 3.63) is 73.1 Å². The van der Waals surface area contributed by atoms with Crippen LogP contribution >= 0.6 is 0 Å². The molecule has 0 spiro atoms. The molecule has 0 fully saturated rings. The van der Waals surface area contributed by atoms with E-state index in [1.54, 1.807) is 41.7 Å². The number of nitrogens with one attached hydrogen (secondary N) is 1. The average molecular weight is 304 g/mol. The van der Waals surface area contributed by atoms with Crippen molar-refractivity contribution in [1.82, 2.24) is 24.1 Å². The van der Waals surface area contributed by atoms with Crippen LogP contribution in [0.4, 0.5) is 5.69 Å². The summed E-state index contributed by atoms with van der Waals surface area (Å²) in [6.07, 6.45) is 10.2. The molecule has 0 aromatic carbocycles. The van der Waals surface area contributed by atoms with Gasteiger partial charge in [-0.2, -0.15) is 5.10 Å². The lowest BCUT2D eigenvalue weighted by Crippen LogP contribution is -2.12. The molecule has 0 atom stereocenters. The van der Waals surface area contributed by atoms with E-state index in [0.29, 0.717) is 17.2 Å². The molecule has 23 heavy (non-hydrogen) atoms. The number of carbonyl (C=O) groups excluding carboxylic acids is 1. The van der Waals surface area contributed by atoms with E-state index in [1.807, 2.05) is 34.9 Å². The number of anilines is 1. The molecule has 4 rings (SSSR count). The molecule has 4 heterocycles. The molecule has 0 aliphatic rings. The summed E-state index contributed by atoms with van der Waals surface area (Å²) >= 11 is 0. The maximum Gasteiger partial charge on any atom is 0.257 e. The van der Waals surface area contributed by atoms with Gasteiger partial charge < -0.3 is 9.72 Å². The van der Waals surface area contributed by atoms with E-state index >= 15 is 0 Å². The van der Waals surface area contributed by atoms with Crippen molar-refractivity contribution in [2.24, 2.45) is 0 Å². The topological polar surface area (TPSA) is 77.1 Å². The predicted molar refractivity (Wildman–Crippen MR) is 84.5 cm³/mol. The second-order valence-corrected chi connectivity index (χ2v) is 4.94. The van der Waals surface area contributed by atoms with E-state index < -0.39 is 0 Å². The number of fused-ring (bicyclic) bond motifs is 1. The number of pyridine rings is 1. The maximum atomic E-state index is 12.3. The zero-order valence-corrected chi connectivity index (χ0v) is 12.0. The molecule has 0 aliphatic heterocycles. The molecule has 0 aliphatic carbocycles. The van der Waals surface area contributed by atoms with Gasteiger partial charge in [0, 0.05) is 30.3 Å². The molecule has 1 amide bonds. The normalized spacial score (nSPS) is 10.8. The third kappa shape index (κ3) is 2.55. The van der Waals surface area contributed by atoms with Crippen molar-refractivity contribution in [3.63, 3.8) is 0 Å². The van der Waals surface area contributed by atoms with Gasteiger partial charge in [0.15, 0.2) is 0 Å². The summed E-state index contributed by atoms with van der Waals surface area (Å²) in [5.74, 6) is 0.242. The van der Waals surface area contributed by atoms with Crippen LogP contribution in [0.25, 0.3) is 11.5 Å². The lowest BCUT2D eigenvalue weighted by atomic mass is 10.3. The number of nitrogens with zero attached hydrogens (tertiary/aromatic N) is 5. The van der Waals surface area contributed by atoms with Crippen LogP contribution in [0.1, 0.15) is 10.4 Å². The van der Waals surface area contributed by atoms with Crippen molar-refractivity contribution >= 4 is 17.1 Å². The monoisotopic (exact) mass is 304 g/mol. The van der Waals surface area contributed by atoms with Crippen LogP contribution in [0.5, 0.6) is 0 Å². The molecule has 7 heteroatoms. The molecule has 4 aromatic rings. The Morgan fingerprint density at radius 2 is 1.96 bits per heavy atom. The van der Waals surface area contributed by atoms with Gasteiger partial charge in [-0.05, 0) is 24.3 Å². The Balaban J connectivity index is 1.54. The largest absolute Gasteiger partial charge is 0.323 e. The van der Waals surface area contributed by atoms with Gasteiger partial charge in [-0.15, -0.1) is 0 Å². The molecular weight excluding hydrogens is 292 g/mol. The number of amides is 1. The summed E-state index contributed by atoms with van der Waals surface area (Å²) in [5.41, 5.74) is 2.07. The van der Waals surface area contributed by atoms with Gasteiger partial charge in [-0.3, -0.25) is 4.79 Å². The van der Waals surface area contributed by atoms with Crippen molar-refractivity contribution in [1.29, 1.82) is 0 Å². The van der Waals surface area contributed by atoms with Crippen LogP contribution in [0, 0.1) is 0 Å². The third-order valence-corrected chi connectivity index (χ3v) is 3.37. The van der Waals surface area contributed by atoms with Gasteiger partial charge in [0.1, 0.15) is 0 Å². The third-order valence-electron chi connectivity index (χ3n) is 3.37. The molecular formula is C16H12N6O. The van der Waals surface area contributed by atoms with Crippen molar-refractivity contribution in [2.75, 3.05) is 5.32 Å². The second kappa shape index (κ2) is 5.38. The molecule has 0 bridgehead atoms. The highest BCUT2D eigenvalue weighted by atomic mass is 16.1. The second-order valence-electron chi connectivity index (χ2n) is 4.94. The maximum absolute atomic E-state index is 12.3. The molecule has 4 aromatic heterocycles. The van der Waals surface area contributed by atoms with Gasteiger partial charge in [0.2, 0.25) is 0 Å². The average Bonchev–Trinajstić information content (AvgIpc) is 3.25. The first kappa shape index (κ1) is 13.2. The highest BCUT2D eigenvalue weighted by molar-refractivity contribution is 6.04. The summed E-state index contributed by atoms with van der Waals surface area (Å²) in [5, 5.41) is 6.84. The molecule has 0 unspecified atom stereocenters. The fraction of sp³-hybridized carbons (Fsp3) is 0. The summed E-state index contributed by atoms with van der Waals surface area (Å²) in [7, 11) is 0. The number of hydrogen-bond donors (Lipinski definition) is 1. The fourth-order valence-electron chi connectivity index (χ4n) is 2.27. The summed E-state index contributed by atoms with van der Waals surface area (Å²) in [6, 6.07) is 9.40. The minimum Gasteiger partial charge on any atom is -0.323 e. The standard InChI is InChI=1S/C16H12N6O/c23-15(12-8-14-4-1-2-6-21(14)11-12)20-13-9-17-16(18-10-13)22-7-3-5-19-22/h1-11H,(H,20,23). The number of carbonyl (C=O) groups is 1. The van der Waals surface area contributed by atoms with Gasteiger partial charge >= 0.3 is 0 Å². The van der Waals surface area contributed by atoms with E-state index in [1.165, 1.54) is 0 Å². The fourth-order valence-corrected chi connectivity index (χ4v) is 2.27. The van der Waals surface area contributed by atoms with E-state index in [4.69, 9.17) is 0 Å². The Labute approximate surface area is 131 Å². The van der Waals surface area contributed by atoms with Crippen molar-refractivity contribution in [2.45, 2.75) is 0 Å². The Morgan fingerprint density at radius 3 is 2.70 bits per heavy atom. The van der Waals surface area contributed by atoms with Gasteiger partial charge in [-0.25, -0.2) is 14.6 Å². The van der Waals surface area contributed by atoms with Crippen molar-refractivity contribution in [3.8, 4) is 5.95 Å². The Morgan fingerprint density at radius 1 is 1.09 bits per heavy atom. The molecule has 7 nitrogen and oxygen atoms in total. The van der Waals surface area contributed by atoms with Gasteiger partial charge in [-0.1, -0.05) is 6.07 Å². The van der Waals surface area contributed by atoms with Crippen LogP contribution in [-0.4, -0.2) is 30.1 Å². The first-order valence-electron chi connectivity index (χ1n) is 7.00. The quantitative estimate of drug-likeness (QED) is 0.629. The Hall–Kier alpha value is -3.48. The highest BCUT2D eigenvalue weighted by Crippen LogP contribution is 2.12. The lowest BCUT2D eigenvalue weighted by molar-refractivity contribution is 0.102. The molecule has 0 saturated carbocycles. The minimum atomic E-state index is -0.205. The summed E-state index contributed by atoms with van der Waals surface area (Å²) in [6.45, 7) is 0. The lowest BCUT2D eigenvalue weighted by Gasteiger charge is -2.04. The predicted octanol–water partition coefficient (Wildman–Crippen LogP) is 2.17. The first-order valence-corrected chi connectivity index (χ1v) is 7.00. The number of aromatic nitrogens is 5. The molecule has 0 saturated heterocycles. The molecule has 1 N–H and O–H groups in total. The summed E-state index contributed by atoms with van der Waals surface area (Å²) < 4.78 is 3.44. The Kier molecular flexibility index (Phi) is 3.09. The summed E-state index contributed by atoms with van der Waals surface area (Å²) in [4.78, 5) is 20.7. The molecule has 112 valence electrons. The van der Waals surface area contributed by atoms with E-state index in [0.717, 1.165) is 5.52 Å². The van der Waals surface area contributed by atoms with Crippen LogP contribution in [-0.2, 0) is 0 Å². The van der Waals surface area contributed by atoms with Crippen LogP contribution in [0.2, 0.25) is 0 Å². The molecule has 0 radical (unpaired) electrons. The van der Waals surface area contributed by atoms with Gasteiger partial charge in [0.25, 0.3) is 11.9 Å². The van der Waals surface area contributed by atoms with Gasteiger partial charge in [0.05, 0.1) is 23.6 Å². The van der Waals surface area contributed by atoms with E-state index in [2.05, 4.69) is 20.4 Å². The van der Waals surface area contributed by atoms with Crippen molar-refractivity contribution < 1.29 is 4.79 Å². The Bertz CT molecular complexity index is 923.